The first kappa shape index (κ1) is 14.4. The normalized spacial score (nSPS) is 11.2. The lowest BCUT2D eigenvalue weighted by atomic mass is 10.1. The number of rotatable bonds is 4. The zero-order chi connectivity index (χ0) is 14.5. The first-order valence-corrected chi connectivity index (χ1v) is 6.65. The maximum absolute atomic E-state index is 5.62. The maximum Gasteiger partial charge on any atom is 0.0886 e. The Morgan fingerprint density at radius 2 is 1.15 bits per heavy atom. The largest absolute Gasteiger partial charge is 0.326 e. The molecule has 0 heterocycles. The molecule has 4 N–H and O–H groups in total. The number of nitrogens with two attached hydrogens (primary N) is 2. The van der Waals surface area contributed by atoms with Crippen LogP contribution in [0.2, 0.25) is 0 Å². The maximum atomic E-state index is 5.62. The van der Waals surface area contributed by atoms with Crippen LogP contribution < -0.4 is 11.5 Å². The van der Waals surface area contributed by atoms with Gasteiger partial charge in [0.25, 0.3) is 0 Å². The fourth-order valence-electron chi connectivity index (χ4n) is 2.02. The first-order valence-electron chi connectivity index (χ1n) is 6.65. The molecule has 20 heavy (non-hydrogen) atoms. The van der Waals surface area contributed by atoms with E-state index >= 15 is 0 Å². The third kappa shape index (κ3) is 3.29. The molecule has 0 saturated heterocycles. The van der Waals surface area contributed by atoms with Gasteiger partial charge in [-0.05, 0) is 48.2 Å². The highest BCUT2D eigenvalue weighted by atomic mass is 15.1. The van der Waals surface area contributed by atoms with Crippen LogP contribution >= 0.6 is 0 Å². The van der Waals surface area contributed by atoms with Crippen LogP contribution in [0.25, 0.3) is 0 Å². The highest BCUT2D eigenvalue weighted by Gasteiger charge is 2.00. The minimum absolute atomic E-state index is 0.540. The predicted octanol–water partition coefficient (Wildman–Crippen LogP) is 3.64. The minimum Gasteiger partial charge on any atom is -0.326 e. The Morgan fingerprint density at radius 1 is 0.750 bits per heavy atom. The molecule has 2 aromatic rings. The zero-order valence-electron chi connectivity index (χ0n) is 11.9. The molecule has 4 nitrogen and oxygen atoms in total. The molecule has 0 aromatic heterocycles. The van der Waals surface area contributed by atoms with Gasteiger partial charge in [-0.2, -0.15) is 10.2 Å². The number of aryl methyl sites for hydroxylation is 2. The lowest BCUT2D eigenvalue weighted by molar-refractivity contribution is 1.06. The fourth-order valence-corrected chi connectivity index (χ4v) is 2.02. The first-order chi connectivity index (χ1) is 9.63. The lowest BCUT2D eigenvalue weighted by Gasteiger charge is -2.04. The van der Waals surface area contributed by atoms with Gasteiger partial charge in [-0.3, -0.25) is 0 Å². The van der Waals surface area contributed by atoms with Gasteiger partial charge < -0.3 is 11.5 Å². The van der Waals surface area contributed by atoms with Gasteiger partial charge in [0.05, 0.1) is 11.4 Å². The highest BCUT2D eigenvalue weighted by molar-refractivity contribution is 5.50. The second-order valence-electron chi connectivity index (χ2n) is 4.85. The van der Waals surface area contributed by atoms with Crippen molar-refractivity contribution in [2.75, 3.05) is 0 Å². The number of hydrogen-bond donors (Lipinski definition) is 2. The minimum atomic E-state index is 0.540. The molecule has 2 aromatic carbocycles. The van der Waals surface area contributed by atoms with E-state index in [-0.39, 0.29) is 0 Å². The number of nitrogens with zero attached hydrogens (tertiary/aromatic N) is 2. The van der Waals surface area contributed by atoms with E-state index in [0.717, 1.165) is 33.6 Å². The third-order valence-electron chi connectivity index (χ3n) is 3.26. The molecule has 0 spiro atoms. The van der Waals surface area contributed by atoms with E-state index in [9.17, 15) is 0 Å². The number of benzene rings is 2. The molecule has 4 heteroatoms. The average molecular weight is 268 g/mol. The summed E-state index contributed by atoms with van der Waals surface area (Å²) in [6, 6.07) is 11.9. The van der Waals surface area contributed by atoms with E-state index < -0.39 is 0 Å². The Balaban J connectivity index is 2.25. The monoisotopic (exact) mass is 268 g/mol. The summed E-state index contributed by atoms with van der Waals surface area (Å²) in [6.45, 7) is 5.10. The van der Waals surface area contributed by atoms with Crippen LogP contribution in [-0.2, 0) is 13.1 Å². The van der Waals surface area contributed by atoms with Crippen molar-refractivity contribution in [2.45, 2.75) is 26.9 Å². The van der Waals surface area contributed by atoms with E-state index in [1.165, 1.54) is 0 Å². The number of hydrogen-bond acceptors (Lipinski definition) is 4. The summed E-state index contributed by atoms with van der Waals surface area (Å²) in [5.41, 5.74) is 17.3. The predicted molar refractivity (Wildman–Crippen MR) is 82.3 cm³/mol. The van der Waals surface area contributed by atoms with E-state index in [1.807, 2.05) is 50.2 Å². The highest BCUT2D eigenvalue weighted by Crippen LogP contribution is 2.25. The summed E-state index contributed by atoms with van der Waals surface area (Å²) in [6.07, 6.45) is 0. The molecule has 0 fully saturated rings. The molecule has 0 unspecified atom stereocenters. The Bertz CT molecular complexity index is 577. The fraction of sp³-hybridized carbons (Fsp3) is 0.250. The third-order valence-corrected chi connectivity index (χ3v) is 3.26. The summed E-state index contributed by atoms with van der Waals surface area (Å²) >= 11 is 0. The van der Waals surface area contributed by atoms with Gasteiger partial charge in [-0.1, -0.05) is 24.3 Å². The van der Waals surface area contributed by atoms with Crippen LogP contribution in [0.3, 0.4) is 0 Å². The van der Waals surface area contributed by atoms with Gasteiger partial charge in [0.15, 0.2) is 0 Å². The molecular weight excluding hydrogens is 248 g/mol. The van der Waals surface area contributed by atoms with Gasteiger partial charge in [0, 0.05) is 13.1 Å². The smallest absolute Gasteiger partial charge is 0.0886 e. The molecule has 0 aliphatic rings. The molecule has 104 valence electrons. The summed E-state index contributed by atoms with van der Waals surface area (Å²) in [7, 11) is 0. The van der Waals surface area contributed by atoms with Crippen LogP contribution in [0, 0.1) is 13.8 Å². The molecule has 0 aliphatic carbocycles. The van der Waals surface area contributed by atoms with Crippen LogP contribution in [0.15, 0.2) is 46.6 Å². The van der Waals surface area contributed by atoms with E-state index in [4.69, 9.17) is 11.5 Å². The van der Waals surface area contributed by atoms with Crippen molar-refractivity contribution in [1.29, 1.82) is 0 Å². The summed E-state index contributed by atoms with van der Waals surface area (Å²) < 4.78 is 0. The van der Waals surface area contributed by atoms with Gasteiger partial charge in [-0.25, -0.2) is 0 Å². The van der Waals surface area contributed by atoms with Crippen LogP contribution in [-0.4, -0.2) is 0 Å². The van der Waals surface area contributed by atoms with E-state index in [0.29, 0.717) is 13.1 Å². The second-order valence-corrected chi connectivity index (χ2v) is 4.85. The second kappa shape index (κ2) is 6.41. The summed E-state index contributed by atoms with van der Waals surface area (Å²) in [5, 5.41) is 8.64. The average Bonchev–Trinajstić information content (AvgIpc) is 2.46. The van der Waals surface area contributed by atoms with Crippen molar-refractivity contribution < 1.29 is 0 Å². The molecule has 0 aliphatic heterocycles. The standard InChI is InChI=1S/C16H20N4/c1-11-7-13(9-17)3-5-15(11)19-20-16-6-4-14(10-18)8-12(16)2/h3-8H,9-10,17-18H2,1-2H3. The Hall–Kier alpha value is -2.04. The van der Waals surface area contributed by atoms with Crippen LogP contribution in [0.5, 0.6) is 0 Å². The van der Waals surface area contributed by atoms with Crippen LogP contribution in [0.4, 0.5) is 11.4 Å². The van der Waals surface area contributed by atoms with Crippen LogP contribution in [0.1, 0.15) is 22.3 Å². The van der Waals surface area contributed by atoms with Gasteiger partial charge in [0.1, 0.15) is 0 Å². The van der Waals surface area contributed by atoms with E-state index in [1.54, 1.807) is 0 Å². The summed E-state index contributed by atoms with van der Waals surface area (Å²) in [5.74, 6) is 0. The molecule has 0 saturated carbocycles. The molecule has 0 radical (unpaired) electrons. The number of azo groups is 1. The van der Waals surface area contributed by atoms with Crippen molar-refractivity contribution in [2.24, 2.45) is 21.7 Å². The quantitative estimate of drug-likeness (QED) is 0.830. The van der Waals surface area contributed by atoms with Crippen molar-refractivity contribution in [3.8, 4) is 0 Å². The van der Waals surface area contributed by atoms with Crippen molar-refractivity contribution in [3.63, 3.8) is 0 Å². The summed E-state index contributed by atoms with van der Waals surface area (Å²) in [4.78, 5) is 0. The molecular formula is C16H20N4. The lowest BCUT2D eigenvalue weighted by Crippen LogP contribution is -1.96. The topological polar surface area (TPSA) is 76.8 Å². The van der Waals surface area contributed by atoms with Crippen molar-refractivity contribution in [3.05, 3.63) is 58.7 Å². The van der Waals surface area contributed by atoms with Crippen molar-refractivity contribution >= 4 is 11.4 Å². The van der Waals surface area contributed by atoms with Crippen molar-refractivity contribution in [1.82, 2.24) is 0 Å². The van der Waals surface area contributed by atoms with E-state index in [2.05, 4.69) is 10.2 Å². The molecule has 0 bridgehead atoms. The molecule has 2 rings (SSSR count). The zero-order valence-corrected chi connectivity index (χ0v) is 11.9. The molecule has 0 atom stereocenters. The van der Waals surface area contributed by atoms with Gasteiger partial charge in [0.2, 0.25) is 0 Å². The van der Waals surface area contributed by atoms with Gasteiger partial charge in [-0.15, -0.1) is 0 Å². The Morgan fingerprint density at radius 3 is 1.45 bits per heavy atom. The van der Waals surface area contributed by atoms with Gasteiger partial charge >= 0.3 is 0 Å². The SMILES string of the molecule is Cc1cc(CN)ccc1N=Nc1ccc(CN)cc1C. The molecule has 0 amide bonds. The Labute approximate surface area is 119 Å². The Kier molecular flexibility index (Phi) is 4.61.